The quantitative estimate of drug-likeness (QED) is 0.647. The van der Waals surface area contributed by atoms with Crippen molar-refractivity contribution in [2.75, 3.05) is 24.7 Å². The van der Waals surface area contributed by atoms with E-state index in [1.807, 2.05) is 25.4 Å². The zero-order chi connectivity index (χ0) is 11.4. The molecule has 4 heteroatoms. The van der Waals surface area contributed by atoms with Crippen molar-refractivity contribution in [3.63, 3.8) is 0 Å². The number of benzene rings is 1. The maximum absolute atomic E-state index is 5.77. The average molecular weight is 240 g/mol. The van der Waals surface area contributed by atoms with Gasteiger partial charge in [-0.15, -0.1) is 11.8 Å². The molecule has 0 aliphatic heterocycles. The van der Waals surface area contributed by atoms with Gasteiger partial charge < -0.3 is 10.6 Å². The molecule has 0 fully saturated rings. The van der Waals surface area contributed by atoms with Crippen molar-refractivity contribution in [3.8, 4) is 0 Å². The molecule has 2 N–H and O–H groups in total. The molecule has 0 saturated carbocycles. The van der Waals surface area contributed by atoms with Crippen molar-refractivity contribution in [1.29, 1.82) is 0 Å². The molecule has 0 atom stereocenters. The standard InChI is InChI=1S/C11H16N2S2/c1-4-13(2)8-6-5-7-9(15-3)10(8)11(12)14/h5-7H,4H2,1-3H3,(H2,12,14). The molecule has 2 nitrogen and oxygen atoms in total. The molecule has 0 aromatic heterocycles. The molecule has 1 aromatic rings. The zero-order valence-electron chi connectivity index (χ0n) is 9.28. The Labute approximate surface area is 101 Å². The molecule has 0 unspecified atom stereocenters. The van der Waals surface area contributed by atoms with E-state index in [0.29, 0.717) is 4.99 Å². The highest BCUT2D eigenvalue weighted by Gasteiger charge is 2.12. The highest BCUT2D eigenvalue weighted by molar-refractivity contribution is 7.98. The highest BCUT2D eigenvalue weighted by Crippen LogP contribution is 2.28. The third-order valence-electron chi connectivity index (χ3n) is 2.36. The van der Waals surface area contributed by atoms with E-state index in [-0.39, 0.29) is 0 Å². The van der Waals surface area contributed by atoms with Crippen LogP contribution >= 0.6 is 24.0 Å². The normalized spacial score (nSPS) is 10.1. The molecule has 82 valence electrons. The smallest absolute Gasteiger partial charge is 0.107 e. The summed E-state index contributed by atoms with van der Waals surface area (Å²) in [4.78, 5) is 3.75. The Balaban J connectivity index is 3.31. The topological polar surface area (TPSA) is 29.3 Å². The lowest BCUT2D eigenvalue weighted by molar-refractivity contribution is 0.963. The van der Waals surface area contributed by atoms with Gasteiger partial charge in [-0.05, 0) is 25.3 Å². The van der Waals surface area contributed by atoms with Crippen LogP contribution in [0.15, 0.2) is 23.1 Å². The maximum atomic E-state index is 5.77. The molecule has 0 spiro atoms. The number of thioether (sulfide) groups is 1. The first kappa shape index (κ1) is 12.3. The summed E-state index contributed by atoms with van der Waals surface area (Å²) < 4.78 is 0. The van der Waals surface area contributed by atoms with Crippen LogP contribution in [0.2, 0.25) is 0 Å². The second-order valence-corrected chi connectivity index (χ2v) is 4.52. The van der Waals surface area contributed by atoms with Crippen LogP contribution < -0.4 is 10.6 Å². The Bertz CT molecular complexity index is 364. The van der Waals surface area contributed by atoms with E-state index in [1.165, 1.54) is 0 Å². The second kappa shape index (κ2) is 5.37. The van der Waals surface area contributed by atoms with E-state index < -0.39 is 0 Å². The number of nitrogens with two attached hydrogens (primary N) is 1. The lowest BCUT2D eigenvalue weighted by Gasteiger charge is -2.21. The van der Waals surface area contributed by atoms with Crippen molar-refractivity contribution in [2.45, 2.75) is 11.8 Å². The van der Waals surface area contributed by atoms with Crippen LogP contribution in [-0.4, -0.2) is 24.8 Å². The first-order valence-electron chi connectivity index (χ1n) is 4.79. The largest absolute Gasteiger partial charge is 0.389 e. The van der Waals surface area contributed by atoms with E-state index in [4.69, 9.17) is 18.0 Å². The SMILES string of the molecule is CCN(C)c1cccc(SC)c1C(N)=S. The summed E-state index contributed by atoms with van der Waals surface area (Å²) in [6.45, 7) is 3.04. The Morgan fingerprint density at radius 3 is 2.67 bits per heavy atom. The number of hydrogen-bond acceptors (Lipinski definition) is 3. The van der Waals surface area contributed by atoms with Crippen molar-refractivity contribution >= 4 is 34.7 Å². The second-order valence-electron chi connectivity index (χ2n) is 3.23. The minimum absolute atomic E-state index is 0.468. The fraction of sp³-hybridized carbons (Fsp3) is 0.364. The minimum Gasteiger partial charge on any atom is -0.389 e. The summed E-state index contributed by atoms with van der Waals surface area (Å²) in [5.41, 5.74) is 7.87. The Morgan fingerprint density at radius 2 is 2.20 bits per heavy atom. The summed E-state index contributed by atoms with van der Waals surface area (Å²) in [5.74, 6) is 0. The van der Waals surface area contributed by atoms with Gasteiger partial charge in [0.15, 0.2) is 0 Å². The lowest BCUT2D eigenvalue weighted by atomic mass is 10.1. The van der Waals surface area contributed by atoms with E-state index in [9.17, 15) is 0 Å². The van der Waals surface area contributed by atoms with Gasteiger partial charge in [0.05, 0.1) is 0 Å². The number of nitrogens with zero attached hydrogens (tertiary/aromatic N) is 1. The highest BCUT2D eigenvalue weighted by atomic mass is 32.2. The summed E-state index contributed by atoms with van der Waals surface area (Å²) in [6, 6.07) is 6.14. The van der Waals surface area contributed by atoms with Crippen LogP contribution in [0.4, 0.5) is 5.69 Å². The lowest BCUT2D eigenvalue weighted by Crippen LogP contribution is -2.22. The summed E-state index contributed by atoms with van der Waals surface area (Å²) in [7, 11) is 2.04. The third-order valence-corrected chi connectivity index (χ3v) is 3.34. The number of anilines is 1. The molecule has 1 aromatic carbocycles. The van der Waals surface area contributed by atoms with Gasteiger partial charge in [0, 0.05) is 29.7 Å². The van der Waals surface area contributed by atoms with Crippen LogP contribution in [0.5, 0.6) is 0 Å². The fourth-order valence-electron chi connectivity index (χ4n) is 1.43. The molecule has 1 rings (SSSR count). The molecule has 0 radical (unpaired) electrons. The van der Waals surface area contributed by atoms with Gasteiger partial charge in [-0.2, -0.15) is 0 Å². The van der Waals surface area contributed by atoms with Crippen LogP contribution in [-0.2, 0) is 0 Å². The number of rotatable bonds is 4. The van der Waals surface area contributed by atoms with Gasteiger partial charge in [0.25, 0.3) is 0 Å². The minimum atomic E-state index is 0.468. The molecule has 0 bridgehead atoms. The Morgan fingerprint density at radius 1 is 1.53 bits per heavy atom. The first-order valence-corrected chi connectivity index (χ1v) is 6.43. The molecule has 15 heavy (non-hydrogen) atoms. The Kier molecular flexibility index (Phi) is 4.42. The van der Waals surface area contributed by atoms with Gasteiger partial charge in [-0.3, -0.25) is 0 Å². The zero-order valence-corrected chi connectivity index (χ0v) is 10.9. The average Bonchev–Trinajstić information content (AvgIpc) is 2.26. The number of thiocarbonyl (C=S) groups is 1. The Hall–Kier alpha value is -0.740. The van der Waals surface area contributed by atoms with Gasteiger partial charge in [-0.25, -0.2) is 0 Å². The van der Waals surface area contributed by atoms with Crippen LogP contribution in [0.3, 0.4) is 0 Å². The van der Waals surface area contributed by atoms with Gasteiger partial charge in [0.1, 0.15) is 4.99 Å². The number of hydrogen-bond donors (Lipinski definition) is 1. The van der Waals surface area contributed by atoms with Gasteiger partial charge in [-0.1, -0.05) is 18.3 Å². The summed E-state index contributed by atoms with van der Waals surface area (Å²) in [6.07, 6.45) is 2.03. The predicted molar refractivity (Wildman–Crippen MR) is 73.1 cm³/mol. The van der Waals surface area contributed by atoms with Crippen LogP contribution in [0.25, 0.3) is 0 Å². The molecule has 0 aliphatic rings. The van der Waals surface area contributed by atoms with Gasteiger partial charge in [0.2, 0.25) is 0 Å². The van der Waals surface area contributed by atoms with Crippen molar-refractivity contribution in [3.05, 3.63) is 23.8 Å². The molecule has 0 saturated heterocycles. The van der Waals surface area contributed by atoms with E-state index in [2.05, 4.69) is 17.9 Å². The van der Waals surface area contributed by atoms with E-state index in [1.54, 1.807) is 11.8 Å². The molecule has 0 amide bonds. The van der Waals surface area contributed by atoms with Crippen molar-refractivity contribution in [1.82, 2.24) is 0 Å². The van der Waals surface area contributed by atoms with Crippen molar-refractivity contribution in [2.24, 2.45) is 5.73 Å². The van der Waals surface area contributed by atoms with E-state index in [0.717, 1.165) is 22.7 Å². The summed E-state index contributed by atoms with van der Waals surface area (Å²) >= 11 is 6.78. The van der Waals surface area contributed by atoms with Crippen molar-refractivity contribution < 1.29 is 0 Å². The molecular formula is C11H16N2S2. The van der Waals surface area contributed by atoms with Crippen LogP contribution in [0.1, 0.15) is 12.5 Å². The van der Waals surface area contributed by atoms with Gasteiger partial charge >= 0.3 is 0 Å². The third kappa shape index (κ3) is 2.63. The van der Waals surface area contributed by atoms with Crippen LogP contribution in [0, 0.1) is 0 Å². The summed E-state index contributed by atoms with van der Waals surface area (Å²) in [5, 5.41) is 0. The molecule has 0 aliphatic carbocycles. The monoisotopic (exact) mass is 240 g/mol. The fourth-order valence-corrected chi connectivity index (χ4v) is 2.34. The van der Waals surface area contributed by atoms with E-state index >= 15 is 0 Å². The molecular weight excluding hydrogens is 224 g/mol. The predicted octanol–water partition coefficient (Wildman–Crippen LogP) is 2.50. The maximum Gasteiger partial charge on any atom is 0.107 e. The first-order chi connectivity index (χ1) is 7.11. The molecule has 0 heterocycles.